The molecule has 38 heavy (non-hydrogen) atoms. The molecule has 1 heteroatoms. The average molecular weight is 524 g/mol. The van der Waals surface area contributed by atoms with Gasteiger partial charge in [-0.3, -0.25) is 0 Å². The minimum atomic E-state index is 0.888. The monoisotopic (exact) mass is 524 g/mol. The van der Waals surface area contributed by atoms with Crippen molar-refractivity contribution in [3.63, 3.8) is 0 Å². The first-order chi connectivity index (χ1) is 18.8. The van der Waals surface area contributed by atoms with Gasteiger partial charge in [-0.05, 0) is 61.2 Å². The highest BCUT2D eigenvalue weighted by Crippen LogP contribution is 2.54. The maximum atomic E-state index is 2.92. The molecule has 0 amide bonds. The van der Waals surface area contributed by atoms with Crippen molar-refractivity contribution in [3.8, 4) is 0 Å². The Morgan fingerprint density at radius 1 is 0.421 bits per heavy atom. The molecule has 7 atom stereocenters. The molecule has 4 aliphatic carbocycles. The van der Waals surface area contributed by atoms with Crippen LogP contribution in [0, 0.1) is 35.5 Å². The molecule has 7 unspecified atom stereocenters. The largest absolute Gasteiger partial charge is 0.117 e. The van der Waals surface area contributed by atoms with E-state index in [1.54, 1.807) is 83.5 Å². The van der Waals surface area contributed by atoms with E-state index in [4.69, 9.17) is 0 Å². The Kier molecular flexibility index (Phi) is 14.5. The quantitative estimate of drug-likeness (QED) is 0.304. The fraction of sp³-hybridized carbons (Fsp3) is 1.00. The molecule has 0 aliphatic heterocycles. The standard InChI is InChI=1S/C37H68B/c1-3-18-32(19-4-2)38-33-23-13-11-9-7-5-6-8-10-12-20-30-21-16-22-31(28-29-33)34-24-14-15-25-36-35(30)26-17-27-37(34)36/h30-37H,3-29H2,1-2H3. The van der Waals surface area contributed by atoms with Gasteiger partial charge >= 0.3 is 0 Å². The Labute approximate surface area is 241 Å². The molecule has 4 fully saturated rings. The third kappa shape index (κ3) is 9.57. The van der Waals surface area contributed by atoms with Gasteiger partial charge in [0.1, 0.15) is 7.28 Å². The molecule has 4 saturated carbocycles. The normalized spacial score (nSPS) is 36.8. The molecule has 0 heterocycles. The summed E-state index contributed by atoms with van der Waals surface area (Å²) in [6.07, 6.45) is 41.1. The summed E-state index contributed by atoms with van der Waals surface area (Å²) in [5, 5.41) is 0. The zero-order chi connectivity index (χ0) is 26.4. The van der Waals surface area contributed by atoms with Crippen molar-refractivity contribution in [1.29, 1.82) is 0 Å². The van der Waals surface area contributed by atoms with Crippen LogP contribution in [-0.4, -0.2) is 7.28 Å². The van der Waals surface area contributed by atoms with Crippen molar-refractivity contribution < 1.29 is 0 Å². The smallest absolute Gasteiger partial charge is 0.0686 e. The second kappa shape index (κ2) is 17.8. The lowest BCUT2D eigenvalue weighted by Crippen LogP contribution is -2.37. The first-order valence-corrected chi connectivity index (χ1v) is 18.6. The highest BCUT2D eigenvalue weighted by Gasteiger charge is 2.44. The number of rotatable bonds is 6. The molecule has 4 rings (SSSR count). The lowest BCUT2D eigenvalue weighted by atomic mass is 9.50. The van der Waals surface area contributed by atoms with E-state index in [-0.39, 0.29) is 0 Å². The number of hydrogen-bond donors (Lipinski definition) is 0. The van der Waals surface area contributed by atoms with Gasteiger partial charge in [0.2, 0.25) is 0 Å². The SMILES string of the molecule is CCCC([B]C1CCCCCCCCCCCC2CCCC(CC1)C1CCCCC3C2CCCC13)CCC. The summed E-state index contributed by atoms with van der Waals surface area (Å²) in [7, 11) is 2.92. The van der Waals surface area contributed by atoms with Crippen LogP contribution in [0.1, 0.15) is 187 Å². The highest BCUT2D eigenvalue weighted by atomic mass is 14.5. The van der Waals surface area contributed by atoms with Gasteiger partial charge in [0.15, 0.2) is 0 Å². The fourth-order valence-electron chi connectivity index (χ4n) is 10.5. The first kappa shape index (κ1) is 31.0. The summed E-state index contributed by atoms with van der Waals surface area (Å²) >= 11 is 0. The van der Waals surface area contributed by atoms with Crippen LogP contribution in [0.4, 0.5) is 0 Å². The molecule has 219 valence electrons. The average Bonchev–Trinajstić information content (AvgIpc) is 3.13. The van der Waals surface area contributed by atoms with E-state index in [1.807, 2.05) is 0 Å². The predicted molar refractivity (Wildman–Crippen MR) is 170 cm³/mol. The van der Waals surface area contributed by atoms with Crippen LogP contribution >= 0.6 is 0 Å². The van der Waals surface area contributed by atoms with Crippen molar-refractivity contribution in [2.24, 2.45) is 35.5 Å². The molecule has 0 saturated heterocycles. The van der Waals surface area contributed by atoms with Crippen molar-refractivity contribution >= 4 is 7.28 Å². The van der Waals surface area contributed by atoms with Gasteiger partial charge in [0.25, 0.3) is 0 Å². The van der Waals surface area contributed by atoms with Crippen molar-refractivity contribution in [2.75, 3.05) is 0 Å². The molecule has 0 aromatic rings. The molecule has 1 radical (unpaired) electrons. The zero-order valence-corrected chi connectivity index (χ0v) is 26.3. The second-order valence-electron chi connectivity index (χ2n) is 14.9. The van der Waals surface area contributed by atoms with E-state index in [0.717, 1.165) is 47.1 Å². The summed E-state index contributed by atoms with van der Waals surface area (Å²) in [6, 6.07) is 0. The van der Waals surface area contributed by atoms with Crippen LogP contribution in [0.25, 0.3) is 0 Å². The lowest BCUT2D eigenvalue weighted by Gasteiger charge is -2.45. The Balaban J connectivity index is 1.50. The third-order valence-electron chi connectivity index (χ3n) is 12.3. The van der Waals surface area contributed by atoms with Gasteiger partial charge in [0.05, 0.1) is 0 Å². The predicted octanol–water partition coefficient (Wildman–Crippen LogP) is 12.6. The number of fused-ring (bicyclic) bond motifs is 6. The van der Waals surface area contributed by atoms with Crippen LogP contribution in [0.5, 0.6) is 0 Å². The molecule has 0 aromatic carbocycles. The van der Waals surface area contributed by atoms with Gasteiger partial charge < -0.3 is 0 Å². The van der Waals surface area contributed by atoms with Crippen LogP contribution < -0.4 is 0 Å². The Morgan fingerprint density at radius 2 is 0.842 bits per heavy atom. The Hall–Kier alpha value is 0.0649. The van der Waals surface area contributed by atoms with E-state index in [1.165, 1.54) is 89.9 Å². The fourth-order valence-corrected chi connectivity index (χ4v) is 10.5. The molecule has 0 spiro atoms. The van der Waals surface area contributed by atoms with Crippen LogP contribution in [0.15, 0.2) is 0 Å². The Morgan fingerprint density at radius 3 is 1.47 bits per heavy atom. The van der Waals surface area contributed by atoms with E-state index in [0.29, 0.717) is 0 Å². The first-order valence-electron chi connectivity index (χ1n) is 18.6. The molecular weight excluding hydrogens is 455 g/mol. The summed E-state index contributed by atoms with van der Waals surface area (Å²) in [4.78, 5) is 0. The Bertz CT molecular complexity index is 594. The van der Waals surface area contributed by atoms with Crippen LogP contribution in [0.2, 0.25) is 11.6 Å². The lowest BCUT2D eigenvalue weighted by molar-refractivity contribution is 0.0448. The zero-order valence-electron chi connectivity index (χ0n) is 26.3. The summed E-state index contributed by atoms with van der Waals surface area (Å²) < 4.78 is 0. The molecule has 0 aromatic heterocycles. The third-order valence-corrected chi connectivity index (χ3v) is 12.3. The van der Waals surface area contributed by atoms with Crippen LogP contribution in [-0.2, 0) is 0 Å². The summed E-state index contributed by atoms with van der Waals surface area (Å²) in [5.74, 6) is 8.30. The highest BCUT2D eigenvalue weighted by molar-refractivity contribution is 6.39. The van der Waals surface area contributed by atoms with Crippen molar-refractivity contribution in [1.82, 2.24) is 0 Å². The van der Waals surface area contributed by atoms with Gasteiger partial charge in [-0.1, -0.05) is 173 Å². The topological polar surface area (TPSA) is 0 Å². The van der Waals surface area contributed by atoms with E-state index in [9.17, 15) is 0 Å². The van der Waals surface area contributed by atoms with Crippen molar-refractivity contribution in [3.05, 3.63) is 0 Å². The molecule has 6 bridgehead atoms. The minimum absolute atomic E-state index is 0.888. The molecule has 4 aliphatic rings. The molecule has 0 N–H and O–H groups in total. The molecular formula is C37H68B. The summed E-state index contributed by atoms with van der Waals surface area (Å²) in [5.41, 5.74) is 0. The number of hydrogen-bond acceptors (Lipinski definition) is 0. The maximum Gasteiger partial charge on any atom is 0.117 e. The van der Waals surface area contributed by atoms with Gasteiger partial charge in [-0.15, -0.1) is 0 Å². The maximum absolute atomic E-state index is 2.92. The second-order valence-corrected chi connectivity index (χ2v) is 14.9. The van der Waals surface area contributed by atoms with Gasteiger partial charge in [-0.2, -0.15) is 0 Å². The minimum Gasteiger partial charge on any atom is -0.0686 e. The van der Waals surface area contributed by atoms with E-state index >= 15 is 0 Å². The van der Waals surface area contributed by atoms with E-state index in [2.05, 4.69) is 21.1 Å². The van der Waals surface area contributed by atoms with Crippen LogP contribution in [0.3, 0.4) is 0 Å². The summed E-state index contributed by atoms with van der Waals surface area (Å²) in [6.45, 7) is 4.82. The molecule has 0 nitrogen and oxygen atoms in total. The van der Waals surface area contributed by atoms with Gasteiger partial charge in [0, 0.05) is 0 Å². The van der Waals surface area contributed by atoms with Crippen molar-refractivity contribution in [2.45, 2.75) is 199 Å². The van der Waals surface area contributed by atoms with E-state index < -0.39 is 0 Å². The van der Waals surface area contributed by atoms with Gasteiger partial charge in [-0.25, -0.2) is 0 Å².